The number of carboxylic acid groups (broad SMARTS) is 1. The molecular weight excluding hydrogens is 292 g/mol. The molecule has 0 heterocycles. The molecule has 0 aromatic heterocycles. The van der Waals surface area contributed by atoms with Gasteiger partial charge in [0.1, 0.15) is 4.90 Å². The molecule has 1 aliphatic rings. The van der Waals surface area contributed by atoms with Gasteiger partial charge in [-0.05, 0) is 30.9 Å². The van der Waals surface area contributed by atoms with Gasteiger partial charge in [-0.25, -0.2) is 13.1 Å². The summed E-state index contributed by atoms with van der Waals surface area (Å²) in [4.78, 5) is 11.1. The molecule has 0 saturated heterocycles. The smallest absolute Gasteiger partial charge is 0.305 e. The number of hydrogen-bond donors (Lipinski definition) is 3. The van der Waals surface area contributed by atoms with Crippen LogP contribution in [0.2, 0.25) is 0 Å². The van der Waals surface area contributed by atoms with Crippen molar-refractivity contribution in [1.29, 1.82) is 0 Å². The standard InChI is InChI=1S/C14H20N2O4S/c1-2-15-21(19,20)13-6-4-3-5-11(13)16-12(9-14(17)18)10-7-8-10/h3-6,10,12,15-16H,2,7-9H2,1H3,(H,17,18). The van der Waals surface area contributed by atoms with Gasteiger partial charge in [0.15, 0.2) is 0 Å². The lowest BCUT2D eigenvalue weighted by Crippen LogP contribution is -2.28. The minimum Gasteiger partial charge on any atom is -0.481 e. The molecule has 0 aliphatic heterocycles. The number of hydrogen-bond acceptors (Lipinski definition) is 4. The molecule has 0 radical (unpaired) electrons. The van der Waals surface area contributed by atoms with Crippen molar-refractivity contribution in [2.24, 2.45) is 5.92 Å². The number of nitrogens with one attached hydrogen (secondary N) is 2. The number of carbonyl (C=O) groups is 1. The van der Waals surface area contributed by atoms with E-state index in [0.717, 1.165) is 12.8 Å². The largest absolute Gasteiger partial charge is 0.481 e. The second-order valence-electron chi connectivity index (χ2n) is 5.18. The molecule has 1 unspecified atom stereocenters. The summed E-state index contributed by atoms with van der Waals surface area (Å²) in [6.07, 6.45) is 1.94. The lowest BCUT2D eigenvalue weighted by molar-refractivity contribution is -0.137. The zero-order valence-electron chi connectivity index (χ0n) is 11.9. The van der Waals surface area contributed by atoms with Crippen molar-refractivity contribution < 1.29 is 18.3 Å². The highest BCUT2D eigenvalue weighted by atomic mass is 32.2. The summed E-state index contributed by atoms with van der Waals surface area (Å²) in [6, 6.07) is 6.34. The van der Waals surface area contributed by atoms with Crippen LogP contribution in [0.5, 0.6) is 0 Å². The first-order valence-electron chi connectivity index (χ1n) is 7.01. The van der Waals surface area contributed by atoms with Crippen LogP contribution in [0.25, 0.3) is 0 Å². The molecule has 0 spiro atoms. The maximum atomic E-state index is 12.2. The average molecular weight is 312 g/mol. The van der Waals surface area contributed by atoms with Gasteiger partial charge in [0, 0.05) is 12.6 Å². The summed E-state index contributed by atoms with van der Waals surface area (Å²) < 4.78 is 26.8. The normalized spacial score (nSPS) is 16.4. The number of sulfonamides is 1. The Bertz CT molecular complexity index is 611. The van der Waals surface area contributed by atoms with Crippen molar-refractivity contribution in [2.45, 2.75) is 37.1 Å². The van der Waals surface area contributed by atoms with E-state index in [1.165, 1.54) is 6.07 Å². The van der Waals surface area contributed by atoms with Crippen molar-refractivity contribution in [1.82, 2.24) is 4.72 Å². The maximum Gasteiger partial charge on any atom is 0.305 e. The van der Waals surface area contributed by atoms with Crippen molar-refractivity contribution in [3.05, 3.63) is 24.3 Å². The Hall–Kier alpha value is -1.60. The van der Waals surface area contributed by atoms with Crippen LogP contribution in [0.1, 0.15) is 26.2 Å². The highest BCUT2D eigenvalue weighted by Gasteiger charge is 2.33. The van der Waals surface area contributed by atoms with Crippen molar-refractivity contribution in [2.75, 3.05) is 11.9 Å². The second kappa shape index (κ2) is 6.44. The van der Waals surface area contributed by atoms with Crippen LogP contribution in [0, 0.1) is 5.92 Å². The van der Waals surface area contributed by atoms with E-state index in [2.05, 4.69) is 10.0 Å². The van der Waals surface area contributed by atoms with Crippen LogP contribution < -0.4 is 10.0 Å². The Morgan fingerprint density at radius 3 is 2.62 bits per heavy atom. The lowest BCUT2D eigenvalue weighted by atomic mass is 10.1. The molecule has 1 saturated carbocycles. The third kappa shape index (κ3) is 4.18. The zero-order chi connectivity index (χ0) is 15.5. The number of rotatable bonds is 8. The molecular formula is C14H20N2O4S. The Morgan fingerprint density at radius 1 is 1.38 bits per heavy atom. The molecule has 116 valence electrons. The van der Waals surface area contributed by atoms with E-state index in [0.29, 0.717) is 18.2 Å². The predicted octanol–water partition coefficient (Wildman–Crippen LogP) is 1.65. The molecule has 6 nitrogen and oxygen atoms in total. The SMILES string of the molecule is CCNS(=O)(=O)c1ccccc1NC(CC(=O)O)C1CC1. The van der Waals surface area contributed by atoms with E-state index in [1.807, 2.05) is 0 Å². The molecule has 1 aromatic rings. The average Bonchev–Trinajstić information content (AvgIpc) is 3.22. The lowest BCUT2D eigenvalue weighted by Gasteiger charge is -2.20. The highest BCUT2D eigenvalue weighted by Crippen LogP contribution is 2.36. The molecule has 1 fully saturated rings. The van der Waals surface area contributed by atoms with Crippen LogP contribution in [-0.4, -0.2) is 32.1 Å². The van der Waals surface area contributed by atoms with Crippen LogP contribution in [0.3, 0.4) is 0 Å². The third-order valence-electron chi connectivity index (χ3n) is 3.44. The number of para-hydroxylation sites is 1. The summed E-state index contributed by atoms with van der Waals surface area (Å²) in [5.74, 6) is -0.581. The van der Waals surface area contributed by atoms with E-state index in [1.54, 1.807) is 25.1 Å². The number of aliphatic carboxylic acids is 1. The summed E-state index contributed by atoms with van der Waals surface area (Å²) >= 11 is 0. The topological polar surface area (TPSA) is 95.5 Å². The van der Waals surface area contributed by atoms with Crippen LogP contribution in [0.15, 0.2) is 29.2 Å². The molecule has 21 heavy (non-hydrogen) atoms. The van der Waals surface area contributed by atoms with E-state index in [-0.39, 0.29) is 17.4 Å². The highest BCUT2D eigenvalue weighted by molar-refractivity contribution is 7.89. The Labute approximate surface area is 124 Å². The Balaban J connectivity index is 2.25. The Morgan fingerprint density at radius 2 is 2.05 bits per heavy atom. The molecule has 1 aromatic carbocycles. The van der Waals surface area contributed by atoms with E-state index in [9.17, 15) is 13.2 Å². The molecule has 0 bridgehead atoms. The summed E-state index contributed by atoms with van der Waals surface area (Å²) in [6.45, 7) is 2.02. The molecule has 2 rings (SSSR count). The van der Waals surface area contributed by atoms with Gasteiger partial charge < -0.3 is 10.4 Å². The Kier molecular flexibility index (Phi) is 4.84. The van der Waals surface area contributed by atoms with Crippen LogP contribution in [-0.2, 0) is 14.8 Å². The van der Waals surface area contributed by atoms with Gasteiger partial charge >= 0.3 is 5.97 Å². The number of anilines is 1. The predicted molar refractivity (Wildman–Crippen MR) is 79.7 cm³/mol. The van der Waals surface area contributed by atoms with Gasteiger partial charge in [-0.1, -0.05) is 19.1 Å². The van der Waals surface area contributed by atoms with E-state index < -0.39 is 16.0 Å². The maximum absolute atomic E-state index is 12.2. The number of carboxylic acids is 1. The van der Waals surface area contributed by atoms with Gasteiger partial charge in [-0.3, -0.25) is 4.79 Å². The van der Waals surface area contributed by atoms with Gasteiger partial charge in [0.2, 0.25) is 10.0 Å². The first-order valence-corrected chi connectivity index (χ1v) is 8.49. The van der Waals surface area contributed by atoms with Gasteiger partial charge in [-0.2, -0.15) is 0 Å². The molecule has 1 atom stereocenters. The van der Waals surface area contributed by atoms with Crippen LogP contribution in [0.4, 0.5) is 5.69 Å². The van der Waals surface area contributed by atoms with Crippen LogP contribution >= 0.6 is 0 Å². The molecule has 3 N–H and O–H groups in total. The quantitative estimate of drug-likeness (QED) is 0.678. The van der Waals surface area contributed by atoms with Gasteiger partial charge in [0.25, 0.3) is 0 Å². The second-order valence-corrected chi connectivity index (χ2v) is 6.92. The van der Waals surface area contributed by atoms with E-state index in [4.69, 9.17) is 5.11 Å². The minimum absolute atomic E-state index is 0.0136. The first kappa shape index (κ1) is 15.8. The molecule has 0 amide bonds. The minimum atomic E-state index is -3.58. The molecule has 7 heteroatoms. The fraction of sp³-hybridized carbons (Fsp3) is 0.500. The molecule has 1 aliphatic carbocycles. The van der Waals surface area contributed by atoms with Crippen molar-refractivity contribution >= 4 is 21.7 Å². The van der Waals surface area contributed by atoms with Crippen molar-refractivity contribution in [3.63, 3.8) is 0 Å². The third-order valence-corrected chi connectivity index (χ3v) is 5.04. The summed E-state index contributed by atoms with van der Waals surface area (Å²) in [5.41, 5.74) is 0.455. The fourth-order valence-electron chi connectivity index (χ4n) is 2.31. The number of benzene rings is 1. The fourth-order valence-corrected chi connectivity index (χ4v) is 3.52. The van der Waals surface area contributed by atoms with Crippen molar-refractivity contribution in [3.8, 4) is 0 Å². The summed E-state index contributed by atoms with van der Waals surface area (Å²) in [5, 5.41) is 12.1. The summed E-state index contributed by atoms with van der Waals surface area (Å²) in [7, 11) is -3.58. The van der Waals surface area contributed by atoms with Gasteiger partial charge in [-0.15, -0.1) is 0 Å². The zero-order valence-corrected chi connectivity index (χ0v) is 12.7. The monoisotopic (exact) mass is 312 g/mol. The van der Waals surface area contributed by atoms with Gasteiger partial charge in [0.05, 0.1) is 12.1 Å². The van der Waals surface area contributed by atoms with E-state index >= 15 is 0 Å². The first-order chi connectivity index (χ1) is 9.94.